The number of hydrogen-bond donors (Lipinski definition) is 2. The molecule has 0 atom stereocenters. The van der Waals surface area contributed by atoms with E-state index in [9.17, 15) is 0 Å². The third-order valence-electron chi connectivity index (χ3n) is 3.04. The Balaban J connectivity index is 0.00000288. The smallest absolute Gasteiger partial charge is 0.193 e. The first kappa shape index (κ1) is 20.4. The highest BCUT2D eigenvalue weighted by molar-refractivity contribution is 14.0. The molecule has 0 aliphatic carbocycles. The molecule has 5 nitrogen and oxygen atoms in total. The normalized spacial score (nSPS) is 10.7. The molecule has 2 rings (SSSR count). The fraction of sp³-hybridized carbons (Fsp3) is 0.235. The molecular formula is C17H22IN3O2S. The van der Waals surface area contributed by atoms with Gasteiger partial charge < -0.3 is 20.5 Å². The van der Waals surface area contributed by atoms with Gasteiger partial charge in [-0.05, 0) is 24.3 Å². The van der Waals surface area contributed by atoms with Gasteiger partial charge in [0.25, 0.3) is 0 Å². The summed E-state index contributed by atoms with van der Waals surface area (Å²) in [5.74, 6) is 2.57. The van der Waals surface area contributed by atoms with Gasteiger partial charge in [-0.3, -0.25) is 4.99 Å². The summed E-state index contributed by atoms with van der Waals surface area (Å²) in [6, 6.07) is 15.7. The number of nitrogens with zero attached hydrogens (tertiary/aromatic N) is 1. The third kappa shape index (κ3) is 6.48. The van der Waals surface area contributed by atoms with Crippen molar-refractivity contribution in [2.45, 2.75) is 4.90 Å². The minimum atomic E-state index is 0. The number of methoxy groups -OCH3 is 2. The molecular weight excluding hydrogens is 437 g/mol. The van der Waals surface area contributed by atoms with Crippen LogP contribution in [0, 0.1) is 0 Å². The van der Waals surface area contributed by atoms with E-state index in [0.29, 0.717) is 24.0 Å². The van der Waals surface area contributed by atoms with Gasteiger partial charge in [0.15, 0.2) is 17.5 Å². The zero-order valence-corrected chi connectivity index (χ0v) is 16.8. The van der Waals surface area contributed by atoms with E-state index in [4.69, 9.17) is 15.2 Å². The van der Waals surface area contributed by atoms with Crippen LogP contribution >= 0.6 is 35.7 Å². The van der Waals surface area contributed by atoms with E-state index in [1.165, 1.54) is 4.90 Å². The van der Waals surface area contributed by atoms with Crippen LogP contribution in [0.1, 0.15) is 0 Å². The topological polar surface area (TPSA) is 68.9 Å². The van der Waals surface area contributed by atoms with E-state index in [0.717, 1.165) is 11.4 Å². The number of thioether (sulfide) groups is 1. The molecule has 3 N–H and O–H groups in total. The Labute approximate surface area is 164 Å². The monoisotopic (exact) mass is 459 g/mol. The minimum absolute atomic E-state index is 0. The molecule has 0 fully saturated rings. The summed E-state index contributed by atoms with van der Waals surface area (Å²) >= 11 is 1.75. The average Bonchev–Trinajstić information content (AvgIpc) is 2.59. The van der Waals surface area contributed by atoms with Crippen molar-refractivity contribution < 1.29 is 9.47 Å². The quantitative estimate of drug-likeness (QED) is 0.217. The summed E-state index contributed by atoms with van der Waals surface area (Å²) in [4.78, 5) is 5.55. The van der Waals surface area contributed by atoms with Crippen molar-refractivity contribution in [1.82, 2.24) is 0 Å². The number of benzene rings is 2. The molecule has 130 valence electrons. The summed E-state index contributed by atoms with van der Waals surface area (Å²) in [5.41, 5.74) is 6.71. The van der Waals surface area contributed by atoms with Crippen molar-refractivity contribution in [3.63, 3.8) is 0 Å². The Hall–Kier alpha value is -1.61. The largest absolute Gasteiger partial charge is 0.493 e. The Morgan fingerprint density at radius 1 is 1.08 bits per heavy atom. The Morgan fingerprint density at radius 3 is 2.46 bits per heavy atom. The van der Waals surface area contributed by atoms with E-state index in [-0.39, 0.29) is 24.0 Å². The van der Waals surface area contributed by atoms with Crippen LogP contribution in [0.15, 0.2) is 58.4 Å². The predicted octanol–water partition coefficient (Wildman–Crippen LogP) is 3.84. The number of halogens is 1. The third-order valence-corrected chi connectivity index (χ3v) is 4.03. The highest BCUT2D eigenvalue weighted by atomic mass is 127. The molecule has 7 heteroatoms. The highest BCUT2D eigenvalue weighted by Crippen LogP contribution is 2.29. The molecule has 0 amide bonds. The summed E-state index contributed by atoms with van der Waals surface area (Å²) < 4.78 is 10.5. The van der Waals surface area contributed by atoms with E-state index >= 15 is 0 Å². The van der Waals surface area contributed by atoms with E-state index < -0.39 is 0 Å². The van der Waals surface area contributed by atoms with Gasteiger partial charge in [-0.15, -0.1) is 35.7 Å². The van der Waals surface area contributed by atoms with Gasteiger partial charge in [-0.25, -0.2) is 0 Å². The number of anilines is 1. The zero-order valence-electron chi connectivity index (χ0n) is 13.7. The Bertz CT molecular complexity index is 654. The van der Waals surface area contributed by atoms with Gasteiger partial charge in [0.1, 0.15) is 0 Å². The lowest BCUT2D eigenvalue weighted by Gasteiger charge is -2.10. The molecule has 0 aliphatic rings. The van der Waals surface area contributed by atoms with Crippen LogP contribution in [0.25, 0.3) is 0 Å². The molecule has 0 saturated carbocycles. The van der Waals surface area contributed by atoms with Crippen molar-refractivity contribution in [3.05, 3.63) is 48.5 Å². The molecule has 0 aliphatic heterocycles. The second kappa shape index (κ2) is 11.0. The first-order valence-corrected chi connectivity index (χ1v) is 8.18. The van der Waals surface area contributed by atoms with Crippen molar-refractivity contribution in [3.8, 4) is 11.5 Å². The number of hydrogen-bond acceptors (Lipinski definition) is 4. The summed E-state index contributed by atoms with van der Waals surface area (Å²) in [6.07, 6.45) is 0. The lowest BCUT2D eigenvalue weighted by Crippen LogP contribution is -2.23. The van der Waals surface area contributed by atoms with Crippen LogP contribution in [-0.4, -0.2) is 32.5 Å². The fourth-order valence-electron chi connectivity index (χ4n) is 1.95. The van der Waals surface area contributed by atoms with Gasteiger partial charge in [0.2, 0.25) is 0 Å². The molecule has 0 heterocycles. The van der Waals surface area contributed by atoms with Crippen molar-refractivity contribution in [1.29, 1.82) is 0 Å². The predicted molar refractivity (Wildman–Crippen MR) is 112 cm³/mol. The van der Waals surface area contributed by atoms with E-state index in [1.54, 1.807) is 26.0 Å². The van der Waals surface area contributed by atoms with Crippen LogP contribution in [0.4, 0.5) is 5.69 Å². The Morgan fingerprint density at radius 2 is 1.79 bits per heavy atom. The molecule has 0 spiro atoms. The standard InChI is InChI=1S/C17H21N3O2S.HI/c1-21-15-9-8-13(12-16(15)22-2)20-17(18)19-10-11-23-14-6-4-3-5-7-14;/h3-9,12H,10-11H2,1-2H3,(H3,18,19,20);1H. The summed E-state index contributed by atoms with van der Waals surface area (Å²) in [6.45, 7) is 0.645. The second-order valence-electron chi connectivity index (χ2n) is 4.62. The number of nitrogens with two attached hydrogens (primary N) is 1. The fourth-order valence-corrected chi connectivity index (χ4v) is 2.72. The van der Waals surface area contributed by atoms with Crippen LogP contribution in [0.2, 0.25) is 0 Å². The van der Waals surface area contributed by atoms with Crippen LogP contribution in [0.5, 0.6) is 11.5 Å². The SMILES string of the molecule is COc1ccc(NC(N)=NCCSc2ccccc2)cc1OC.I. The van der Waals surface area contributed by atoms with Gasteiger partial charge in [0.05, 0.1) is 20.8 Å². The van der Waals surface area contributed by atoms with Gasteiger partial charge in [-0.2, -0.15) is 0 Å². The van der Waals surface area contributed by atoms with Crippen molar-refractivity contribution in [2.75, 3.05) is 31.8 Å². The van der Waals surface area contributed by atoms with Gasteiger partial charge in [0, 0.05) is 22.4 Å². The number of guanidine groups is 1. The van der Waals surface area contributed by atoms with Gasteiger partial charge >= 0.3 is 0 Å². The molecule has 0 saturated heterocycles. The maximum absolute atomic E-state index is 5.90. The number of nitrogens with one attached hydrogen (secondary N) is 1. The molecule has 24 heavy (non-hydrogen) atoms. The lowest BCUT2D eigenvalue weighted by atomic mass is 10.3. The lowest BCUT2D eigenvalue weighted by molar-refractivity contribution is 0.355. The number of aliphatic imine (C=N–C) groups is 1. The highest BCUT2D eigenvalue weighted by Gasteiger charge is 2.04. The van der Waals surface area contributed by atoms with E-state index in [1.807, 2.05) is 36.4 Å². The van der Waals surface area contributed by atoms with Crippen LogP contribution in [0.3, 0.4) is 0 Å². The molecule has 0 unspecified atom stereocenters. The number of ether oxygens (including phenoxy) is 2. The summed E-state index contributed by atoms with van der Waals surface area (Å²) in [5, 5.41) is 3.05. The summed E-state index contributed by atoms with van der Waals surface area (Å²) in [7, 11) is 3.20. The van der Waals surface area contributed by atoms with E-state index in [2.05, 4.69) is 22.4 Å². The molecule has 2 aromatic rings. The molecule has 2 aromatic carbocycles. The van der Waals surface area contributed by atoms with Crippen molar-refractivity contribution >= 4 is 47.4 Å². The van der Waals surface area contributed by atoms with Gasteiger partial charge in [-0.1, -0.05) is 18.2 Å². The van der Waals surface area contributed by atoms with Crippen LogP contribution < -0.4 is 20.5 Å². The van der Waals surface area contributed by atoms with Crippen molar-refractivity contribution in [2.24, 2.45) is 10.7 Å². The second-order valence-corrected chi connectivity index (χ2v) is 5.79. The number of rotatable bonds is 7. The average molecular weight is 459 g/mol. The molecule has 0 radical (unpaired) electrons. The Kier molecular flexibility index (Phi) is 9.39. The first-order chi connectivity index (χ1) is 11.2. The zero-order chi connectivity index (χ0) is 16.5. The first-order valence-electron chi connectivity index (χ1n) is 7.19. The molecule has 0 aromatic heterocycles. The maximum atomic E-state index is 5.90. The minimum Gasteiger partial charge on any atom is -0.493 e. The van der Waals surface area contributed by atoms with Crippen LogP contribution in [-0.2, 0) is 0 Å². The maximum Gasteiger partial charge on any atom is 0.193 e. The molecule has 0 bridgehead atoms.